The molecule has 0 aromatic carbocycles. The molecule has 0 saturated heterocycles. The van der Waals surface area contributed by atoms with Crippen LogP contribution in [0.2, 0.25) is 0 Å². The van der Waals surface area contributed by atoms with Crippen LogP contribution in [0.4, 0.5) is 0 Å². The van der Waals surface area contributed by atoms with Gasteiger partial charge in [0, 0.05) is 44.1 Å². The van der Waals surface area contributed by atoms with E-state index in [0.29, 0.717) is 0 Å². The molecule has 0 rings (SSSR count). The minimum Gasteiger partial charge on any atom is -0.130 e. The van der Waals surface area contributed by atoms with Crippen molar-refractivity contribution in [1.82, 2.24) is 0 Å². The van der Waals surface area contributed by atoms with Crippen molar-refractivity contribution < 1.29 is 37.7 Å². The van der Waals surface area contributed by atoms with Crippen LogP contribution in [-0.4, -0.2) is 6.38 Å². The molecule has 0 amide bonds. The molecule has 0 N–H and O–H groups in total. The van der Waals surface area contributed by atoms with Crippen molar-refractivity contribution in [2.24, 2.45) is 0 Å². The van der Waals surface area contributed by atoms with Gasteiger partial charge in [-0.05, 0) is 0 Å². The number of rotatable bonds is 0. The van der Waals surface area contributed by atoms with E-state index < -0.39 is 0 Å². The number of hydrogen-bond donors (Lipinski definition) is 0. The van der Waals surface area contributed by atoms with Crippen molar-refractivity contribution in [3.63, 3.8) is 0 Å². The fourth-order valence-electron chi connectivity index (χ4n) is 0. The van der Waals surface area contributed by atoms with Crippen molar-refractivity contribution in [2.45, 2.75) is 13.8 Å². The van der Waals surface area contributed by atoms with Gasteiger partial charge in [0.25, 0.3) is 0 Å². The summed E-state index contributed by atoms with van der Waals surface area (Å²) in [5.41, 5.74) is 0. The summed E-state index contributed by atoms with van der Waals surface area (Å²) in [4.78, 5) is 0. The van der Waals surface area contributed by atoms with Crippen LogP contribution in [0.1, 0.15) is 13.8 Å². The molecule has 0 aliphatic carbocycles. The fraction of sp³-hybridized carbons (Fsp3) is 1.00. The van der Waals surface area contributed by atoms with Crippen LogP contribution in [0.5, 0.6) is 0 Å². The Morgan fingerprint density at radius 3 is 1.00 bits per heavy atom. The van der Waals surface area contributed by atoms with Gasteiger partial charge in [-0.3, -0.25) is 0 Å². The molecule has 0 unspecified atom stereocenters. The van der Waals surface area contributed by atoms with Gasteiger partial charge in [0.05, 0.1) is 0 Å². The minimum absolute atomic E-state index is 0. The van der Waals surface area contributed by atoms with Crippen LogP contribution in [-0.2, 0) is 0 Å². The van der Waals surface area contributed by atoms with Gasteiger partial charge in [-0.15, -0.1) is 11.6 Å². The Kier molecular flexibility index (Phi) is 153. The molecule has 0 nitrogen and oxygen atoms in total. The van der Waals surface area contributed by atoms with E-state index in [1.54, 1.807) is 0 Å². The van der Waals surface area contributed by atoms with Gasteiger partial charge in [0.2, 0.25) is 0 Å². The molecule has 0 saturated carbocycles. The van der Waals surface area contributed by atoms with E-state index in [2.05, 4.69) is 11.6 Å². The average Bonchev–Trinajstić information content (AvgIpc) is 1.50. The third-order valence-electron chi connectivity index (χ3n) is 0. The quantitative estimate of drug-likeness (QED) is 0.428. The summed E-state index contributed by atoms with van der Waals surface area (Å²) in [5.74, 6) is 0. The fourth-order valence-corrected chi connectivity index (χ4v) is 0. The smallest absolute Gasteiger partial charge is 0.0108 e. The second-order valence-corrected chi connectivity index (χ2v) is 0. The van der Waals surface area contributed by atoms with Gasteiger partial charge >= 0.3 is 0 Å². The molecule has 0 bridgehead atoms. The maximum atomic E-state index is 4.64. The monoisotopic (exact) mass is 120 g/mol. The molecular weight excluding hydrogens is 111 g/mol. The van der Waals surface area contributed by atoms with Crippen molar-refractivity contribution in [1.29, 1.82) is 0 Å². The predicted molar refractivity (Wildman–Crippen MR) is 23.1 cm³/mol. The molecule has 0 aliphatic rings. The normalized spacial score (nSPS) is 2.40. The summed E-state index contributed by atoms with van der Waals surface area (Å²) in [6.45, 7) is 4.00. The molecule has 0 radical (unpaired) electrons. The minimum atomic E-state index is 0. The standard InChI is InChI=1S/C2H6.CH3Cl.Ar/c2*1-2;/h1-2H3;1H3;. The summed E-state index contributed by atoms with van der Waals surface area (Å²) in [6, 6.07) is 0. The molecule has 0 fully saturated rings. The van der Waals surface area contributed by atoms with Crippen molar-refractivity contribution in [3.05, 3.63) is 0 Å². The molecule has 5 heavy (non-hydrogen) atoms. The Labute approximate surface area is 68.9 Å². The second-order valence-electron chi connectivity index (χ2n) is 0. The Bertz CT molecular complexity index is 6.85. The first-order chi connectivity index (χ1) is 2.00. The zero-order valence-electron chi connectivity index (χ0n) is 3.73. The first kappa shape index (κ1) is 16.0. The van der Waals surface area contributed by atoms with E-state index >= 15 is 0 Å². The molecule has 0 aliphatic heterocycles. The first-order valence-corrected chi connectivity index (χ1v) is 2.13. The number of alkyl halides is 1. The summed E-state index contributed by atoms with van der Waals surface area (Å²) >= 11 is 4.64. The molecule has 0 aromatic rings. The molecule has 36 valence electrons. The van der Waals surface area contributed by atoms with Crippen molar-refractivity contribution in [3.8, 4) is 0 Å². The molecule has 0 atom stereocenters. The summed E-state index contributed by atoms with van der Waals surface area (Å²) in [5, 5.41) is 0. The molecule has 2 heteroatoms. The van der Waals surface area contributed by atoms with Gasteiger partial charge in [-0.1, -0.05) is 13.8 Å². The van der Waals surface area contributed by atoms with E-state index in [1.807, 2.05) is 13.8 Å². The van der Waals surface area contributed by atoms with Gasteiger partial charge in [-0.2, -0.15) is 0 Å². The predicted octanol–water partition coefficient (Wildman–Crippen LogP) is 1.88. The van der Waals surface area contributed by atoms with Gasteiger partial charge < -0.3 is 0 Å². The Morgan fingerprint density at radius 2 is 1.00 bits per heavy atom. The number of halogens is 1. The molecule has 0 spiro atoms. The van der Waals surface area contributed by atoms with Crippen LogP contribution >= 0.6 is 11.6 Å². The summed E-state index contributed by atoms with van der Waals surface area (Å²) < 4.78 is 0. The zero-order chi connectivity index (χ0) is 4.00. The molecule has 0 heterocycles. The average molecular weight is 121 g/mol. The van der Waals surface area contributed by atoms with E-state index in [-0.39, 0.29) is 37.7 Å². The van der Waals surface area contributed by atoms with Crippen LogP contribution in [0, 0.1) is 37.7 Å². The van der Waals surface area contributed by atoms with Crippen LogP contribution in [0.3, 0.4) is 0 Å². The largest absolute Gasteiger partial charge is 0.130 e. The van der Waals surface area contributed by atoms with E-state index in [9.17, 15) is 0 Å². The van der Waals surface area contributed by atoms with Crippen molar-refractivity contribution >= 4 is 11.6 Å². The van der Waals surface area contributed by atoms with E-state index in [1.165, 1.54) is 6.38 Å². The van der Waals surface area contributed by atoms with Crippen LogP contribution < -0.4 is 0 Å². The van der Waals surface area contributed by atoms with Crippen LogP contribution in [0.15, 0.2) is 0 Å². The number of hydrogen-bond acceptors (Lipinski definition) is 0. The topological polar surface area (TPSA) is 0 Å². The third-order valence-corrected chi connectivity index (χ3v) is 0. The maximum Gasteiger partial charge on any atom is 0.0108 e. The first-order valence-electron chi connectivity index (χ1n) is 1.38. The molecular formula is C3H9ArCl. The van der Waals surface area contributed by atoms with Gasteiger partial charge in [0.15, 0.2) is 0 Å². The Balaban J connectivity index is -0.0000000133. The Hall–Kier alpha value is 1.55. The van der Waals surface area contributed by atoms with Crippen molar-refractivity contribution in [2.75, 3.05) is 6.38 Å². The van der Waals surface area contributed by atoms with E-state index in [0.717, 1.165) is 0 Å². The third kappa shape index (κ3) is 29.1. The maximum absolute atomic E-state index is 4.64. The molecule has 0 aromatic heterocycles. The zero-order valence-corrected chi connectivity index (χ0v) is 5.19. The summed E-state index contributed by atoms with van der Waals surface area (Å²) in [7, 11) is 0. The Morgan fingerprint density at radius 1 is 1.00 bits per heavy atom. The van der Waals surface area contributed by atoms with Gasteiger partial charge in [-0.25, -0.2) is 0 Å². The van der Waals surface area contributed by atoms with Crippen LogP contribution in [0.25, 0.3) is 0 Å². The van der Waals surface area contributed by atoms with E-state index in [4.69, 9.17) is 0 Å². The second kappa shape index (κ2) is 47.8. The SMILES string of the molecule is CC.CCl.[Ar]. The summed E-state index contributed by atoms with van der Waals surface area (Å²) in [6.07, 6.45) is 1.47. The van der Waals surface area contributed by atoms with Gasteiger partial charge in [0.1, 0.15) is 0 Å².